The number of aryl methyl sites for hydroxylation is 2. The van der Waals surface area contributed by atoms with Crippen molar-refractivity contribution in [3.63, 3.8) is 0 Å². The smallest absolute Gasteiger partial charge is 0.159 e. The summed E-state index contributed by atoms with van der Waals surface area (Å²) in [6.45, 7) is 9.23. The fourth-order valence-corrected chi connectivity index (χ4v) is 12.1. The van der Waals surface area contributed by atoms with Gasteiger partial charge in [0.1, 0.15) is 11.2 Å². The minimum absolute atomic E-state index is 0.370. The lowest BCUT2D eigenvalue weighted by Gasteiger charge is -2.30. The third kappa shape index (κ3) is 6.04. The first kappa shape index (κ1) is 41.4. The molecule has 0 saturated carbocycles. The van der Waals surface area contributed by atoms with Crippen LogP contribution in [0.4, 0.5) is 34.1 Å². The molecule has 0 radical (unpaired) electrons. The van der Waals surface area contributed by atoms with Gasteiger partial charge in [-0.05, 0) is 140 Å². The normalized spacial score (nSPS) is 13.0. The highest BCUT2D eigenvalue weighted by Crippen LogP contribution is 2.57. The Kier molecular flexibility index (Phi) is 9.16. The van der Waals surface area contributed by atoms with Crippen molar-refractivity contribution in [2.24, 2.45) is 0 Å². The van der Waals surface area contributed by atoms with E-state index < -0.39 is 0 Å². The molecule has 4 nitrogen and oxygen atoms in total. The first-order valence-corrected chi connectivity index (χ1v) is 25.0. The van der Waals surface area contributed by atoms with Gasteiger partial charge < -0.3 is 18.6 Å². The van der Waals surface area contributed by atoms with Crippen LogP contribution < -0.4 is 9.80 Å². The first-order valence-electron chi connectivity index (χ1n) is 25.0. The van der Waals surface area contributed by atoms with Crippen molar-refractivity contribution in [1.82, 2.24) is 0 Å². The zero-order valence-corrected chi connectivity index (χ0v) is 40.3. The largest absolute Gasteiger partial charge is 0.454 e. The highest BCUT2D eigenvalue weighted by Gasteiger charge is 2.39. The number of rotatable bonds is 8. The van der Waals surface area contributed by atoms with Gasteiger partial charge in [0.15, 0.2) is 11.2 Å². The molecule has 0 amide bonds. The van der Waals surface area contributed by atoms with Gasteiger partial charge in [-0.15, -0.1) is 0 Å². The Hall–Kier alpha value is -8.60. The molecule has 4 heteroatoms. The molecule has 0 fully saturated rings. The quantitative estimate of drug-likeness (QED) is 0.152. The highest BCUT2D eigenvalue weighted by atomic mass is 16.3. The molecule has 1 aliphatic carbocycles. The monoisotopic (exact) mass is 914 g/mol. The van der Waals surface area contributed by atoms with Gasteiger partial charge in [-0.2, -0.15) is 0 Å². The zero-order chi connectivity index (χ0) is 47.5. The molecule has 0 saturated heterocycles. The van der Waals surface area contributed by atoms with Crippen molar-refractivity contribution in [1.29, 1.82) is 0 Å². The average Bonchev–Trinajstić information content (AvgIpc) is 4.09. The van der Waals surface area contributed by atoms with Crippen LogP contribution in [0.25, 0.3) is 87.3 Å². The summed E-state index contributed by atoms with van der Waals surface area (Å²) in [5.74, 6) is 0. The van der Waals surface area contributed by atoms with Crippen molar-refractivity contribution in [3.05, 3.63) is 229 Å². The Balaban J connectivity index is 0.977. The summed E-state index contributed by atoms with van der Waals surface area (Å²) in [5, 5.41) is 11.9. The van der Waals surface area contributed by atoms with E-state index in [1.165, 1.54) is 76.5 Å². The van der Waals surface area contributed by atoms with Crippen LogP contribution in [0.2, 0.25) is 0 Å². The fraction of sp³-hybridized carbons (Fsp3) is 0.104. The predicted molar refractivity (Wildman–Crippen MR) is 299 cm³/mol. The third-order valence-electron chi connectivity index (χ3n) is 15.5. The number of fused-ring (bicyclic) bond motifs is 15. The van der Waals surface area contributed by atoms with E-state index in [0.717, 1.165) is 80.1 Å². The minimum atomic E-state index is -0.370. The van der Waals surface area contributed by atoms with E-state index in [4.69, 9.17) is 8.83 Å². The molecule has 14 rings (SSSR count). The second-order valence-corrected chi connectivity index (χ2v) is 19.7. The summed E-state index contributed by atoms with van der Waals surface area (Å²) in [6.07, 6.45) is 1.76. The molecule has 13 aromatic rings. The second-order valence-electron chi connectivity index (χ2n) is 19.7. The molecule has 71 heavy (non-hydrogen) atoms. The van der Waals surface area contributed by atoms with Crippen molar-refractivity contribution in [2.75, 3.05) is 9.80 Å². The van der Waals surface area contributed by atoms with Crippen LogP contribution in [0.1, 0.15) is 49.9 Å². The Labute approximate surface area is 412 Å². The number of hydrogen-bond acceptors (Lipinski definition) is 4. The average molecular weight is 915 g/mol. The SMILES string of the molecule is CCc1cc2ccccc2c2c1oc1c(N(c3ccccc3)c3ccc4c(c3)C(C)(C)c3cc(N(c5ccccc5)c5cccc6c5oc5c(CC)cc7ccccc7c56)c5ccccc5c3-4)cccc12. The van der Waals surface area contributed by atoms with E-state index in [0.29, 0.717) is 0 Å². The molecule has 0 bridgehead atoms. The molecule has 0 atom stereocenters. The molecular formula is C67H50N2O2. The fourth-order valence-electron chi connectivity index (χ4n) is 12.1. The van der Waals surface area contributed by atoms with Gasteiger partial charge in [-0.3, -0.25) is 0 Å². The molecule has 2 aromatic heterocycles. The van der Waals surface area contributed by atoms with Crippen LogP contribution in [0.15, 0.2) is 215 Å². The maximum absolute atomic E-state index is 7.16. The van der Waals surface area contributed by atoms with E-state index in [2.05, 4.69) is 244 Å². The van der Waals surface area contributed by atoms with Crippen LogP contribution in [0.5, 0.6) is 0 Å². The molecule has 0 unspecified atom stereocenters. The number of furan rings is 2. The molecule has 0 N–H and O–H groups in total. The van der Waals surface area contributed by atoms with Crippen LogP contribution >= 0.6 is 0 Å². The Morgan fingerprint density at radius 3 is 1.41 bits per heavy atom. The van der Waals surface area contributed by atoms with E-state index in [1.807, 2.05) is 0 Å². The van der Waals surface area contributed by atoms with Crippen LogP contribution in [0, 0.1) is 0 Å². The maximum atomic E-state index is 7.16. The maximum Gasteiger partial charge on any atom is 0.159 e. The number of anilines is 6. The Morgan fingerprint density at radius 1 is 0.366 bits per heavy atom. The summed E-state index contributed by atoms with van der Waals surface area (Å²) in [5.41, 5.74) is 17.2. The first-order chi connectivity index (χ1) is 34.9. The van der Waals surface area contributed by atoms with Crippen molar-refractivity contribution in [2.45, 2.75) is 46.0 Å². The van der Waals surface area contributed by atoms with E-state index in [9.17, 15) is 0 Å². The lowest BCUT2D eigenvalue weighted by Crippen LogP contribution is -2.18. The summed E-state index contributed by atoms with van der Waals surface area (Å²) in [7, 11) is 0. The Bertz CT molecular complexity index is 4290. The van der Waals surface area contributed by atoms with Gasteiger partial charge in [0.05, 0.1) is 17.1 Å². The standard InChI is InChI=1S/C67H50N2O2/c1-5-41-37-43-21-13-15-27-48(43)61-53-31-19-33-57(65(53)70-63(41)61)68(45-23-9-7-10-24-45)47-35-36-52-55(39-47)67(3,4)56-40-59(50-29-17-18-30-51(50)60(52)56)69(46-25-11-8-12-26-46)58-34-20-32-54-62-49-28-16-14-22-44(49)38-42(6-2)64(62)71-66(54)58/h7-40H,5-6H2,1-4H3. The van der Waals surface area contributed by atoms with Crippen LogP contribution in [-0.2, 0) is 18.3 Å². The molecule has 340 valence electrons. The number of nitrogens with zero attached hydrogens (tertiary/aromatic N) is 2. The number of benzene rings is 11. The van der Waals surface area contributed by atoms with Crippen molar-refractivity contribution in [3.8, 4) is 11.1 Å². The summed E-state index contributed by atoms with van der Waals surface area (Å²) in [4.78, 5) is 4.82. The Morgan fingerprint density at radius 2 is 0.845 bits per heavy atom. The van der Waals surface area contributed by atoms with Crippen LogP contribution in [0.3, 0.4) is 0 Å². The lowest BCUT2D eigenvalue weighted by atomic mass is 9.81. The van der Waals surface area contributed by atoms with Gasteiger partial charge in [-0.1, -0.05) is 167 Å². The van der Waals surface area contributed by atoms with Gasteiger partial charge in [0.2, 0.25) is 0 Å². The molecule has 0 aliphatic heterocycles. The van der Waals surface area contributed by atoms with Crippen molar-refractivity contribution < 1.29 is 8.83 Å². The van der Waals surface area contributed by atoms with E-state index in [1.54, 1.807) is 0 Å². The van der Waals surface area contributed by atoms with Crippen molar-refractivity contribution >= 4 is 110 Å². The molecule has 1 aliphatic rings. The second kappa shape index (κ2) is 15.7. The lowest BCUT2D eigenvalue weighted by molar-refractivity contribution is 0.660. The summed E-state index contributed by atoms with van der Waals surface area (Å²) < 4.78 is 14.3. The van der Waals surface area contributed by atoms with E-state index in [-0.39, 0.29) is 5.41 Å². The molecule has 11 aromatic carbocycles. The summed E-state index contributed by atoms with van der Waals surface area (Å²) in [6, 6.07) is 75.4. The summed E-state index contributed by atoms with van der Waals surface area (Å²) >= 11 is 0. The van der Waals surface area contributed by atoms with Gasteiger partial charge >= 0.3 is 0 Å². The van der Waals surface area contributed by atoms with Gasteiger partial charge in [0, 0.05) is 49.4 Å². The van der Waals surface area contributed by atoms with Crippen LogP contribution in [-0.4, -0.2) is 0 Å². The molecular weight excluding hydrogens is 865 g/mol. The highest BCUT2D eigenvalue weighted by molar-refractivity contribution is 6.23. The molecule has 2 heterocycles. The topological polar surface area (TPSA) is 32.8 Å². The predicted octanol–water partition coefficient (Wildman–Crippen LogP) is 19.3. The molecule has 0 spiro atoms. The third-order valence-corrected chi connectivity index (χ3v) is 15.5. The number of para-hydroxylation sites is 4. The van der Waals surface area contributed by atoms with Gasteiger partial charge in [0.25, 0.3) is 0 Å². The van der Waals surface area contributed by atoms with E-state index >= 15 is 0 Å². The number of hydrogen-bond donors (Lipinski definition) is 0. The minimum Gasteiger partial charge on any atom is -0.454 e. The van der Waals surface area contributed by atoms with Gasteiger partial charge in [-0.25, -0.2) is 0 Å². The zero-order valence-electron chi connectivity index (χ0n) is 40.3.